The van der Waals surface area contributed by atoms with Gasteiger partial charge < -0.3 is 5.11 Å². The van der Waals surface area contributed by atoms with Gasteiger partial charge in [-0.25, -0.2) is 0 Å². The van der Waals surface area contributed by atoms with Gasteiger partial charge in [-0.05, 0) is 19.3 Å². The van der Waals surface area contributed by atoms with E-state index in [4.69, 9.17) is 0 Å². The predicted molar refractivity (Wildman–Crippen MR) is 54.0 cm³/mol. The molecule has 0 aromatic carbocycles. The average molecular weight is 171 g/mol. The first-order chi connectivity index (χ1) is 5.68. The highest BCUT2D eigenvalue weighted by Crippen LogP contribution is 2.25. The fourth-order valence-corrected chi connectivity index (χ4v) is 1.76. The summed E-state index contributed by atoms with van der Waals surface area (Å²) < 4.78 is 0. The molecule has 1 heteroatoms. The zero-order valence-corrected chi connectivity index (χ0v) is 8.60. The van der Waals surface area contributed by atoms with E-state index in [2.05, 4.69) is 20.8 Å². The van der Waals surface area contributed by atoms with Crippen molar-refractivity contribution in [2.24, 2.45) is 0 Å². The van der Waals surface area contributed by atoms with Gasteiger partial charge in [0.1, 0.15) is 0 Å². The van der Waals surface area contributed by atoms with E-state index in [0.717, 1.165) is 44.9 Å². The number of unbranched alkanes of at least 4 members (excludes halogenated alkanes) is 1. The highest BCUT2D eigenvalue weighted by Gasteiger charge is 2.23. The summed E-state index contributed by atoms with van der Waals surface area (Å²) >= 11 is 0. The summed E-state index contributed by atoms with van der Waals surface area (Å²) in [5.41, 5.74) is -0.388. The Hall–Kier alpha value is -0.0400. The second kappa shape index (κ2) is 6.47. The maximum absolute atomic E-state index is 10.1. The number of aliphatic hydroxyl groups is 1. The molecule has 0 aromatic rings. The Kier molecular flexibility index (Phi) is 6.45. The van der Waals surface area contributed by atoms with E-state index in [0.29, 0.717) is 0 Å². The molecule has 0 heterocycles. The molecule has 0 aromatic heterocycles. The third kappa shape index (κ3) is 4.76. The van der Waals surface area contributed by atoms with E-state index >= 15 is 0 Å². The van der Waals surface area contributed by atoms with E-state index < -0.39 is 0 Å². The van der Waals surface area contributed by atoms with Crippen molar-refractivity contribution in [1.82, 2.24) is 0 Å². The number of rotatable bonds is 7. The van der Waals surface area contributed by atoms with Crippen LogP contribution in [0.1, 0.15) is 58.8 Å². The Labute approximate surface area is 77.2 Å². The van der Waals surface area contributed by atoms with E-state index in [9.17, 15) is 5.11 Å². The molecule has 12 heavy (non-hydrogen) atoms. The van der Waals surface area contributed by atoms with E-state index in [1.807, 2.05) is 0 Å². The van der Waals surface area contributed by atoms with Gasteiger partial charge >= 0.3 is 0 Å². The van der Waals surface area contributed by atoms with E-state index in [1.54, 1.807) is 0 Å². The van der Waals surface area contributed by atoms with Crippen LogP contribution in [0.4, 0.5) is 0 Å². The molecule has 73 valence electrons. The van der Waals surface area contributed by atoms with Gasteiger partial charge in [-0.3, -0.25) is 0 Å². The quantitative estimate of drug-likeness (QED) is 0.623. The first-order valence-electron chi connectivity index (χ1n) is 5.20. The second-order valence-corrected chi connectivity index (χ2v) is 3.68. The predicted octanol–water partition coefficient (Wildman–Crippen LogP) is 3.32. The summed E-state index contributed by atoms with van der Waals surface area (Å²) in [6, 6.07) is 0. The van der Waals surface area contributed by atoms with Gasteiger partial charge in [0.15, 0.2) is 0 Å². The van der Waals surface area contributed by atoms with Crippen molar-refractivity contribution in [3.8, 4) is 0 Å². The van der Waals surface area contributed by atoms with Crippen LogP contribution < -0.4 is 0 Å². The molecule has 0 aliphatic rings. The Balaban J connectivity index is 3.80. The molecule has 0 fully saturated rings. The molecule has 1 radical (unpaired) electrons. The van der Waals surface area contributed by atoms with Gasteiger partial charge in [-0.15, -0.1) is 0 Å². The molecule has 0 amide bonds. The van der Waals surface area contributed by atoms with E-state index in [-0.39, 0.29) is 5.60 Å². The molecule has 0 saturated heterocycles. The van der Waals surface area contributed by atoms with Crippen molar-refractivity contribution in [3.63, 3.8) is 0 Å². The van der Waals surface area contributed by atoms with Gasteiger partial charge in [0, 0.05) is 0 Å². The Morgan fingerprint density at radius 3 is 1.92 bits per heavy atom. The Morgan fingerprint density at radius 1 is 1.08 bits per heavy atom. The summed E-state index contributed by atoms with van der Waals surface area (Å²) in [4.78, 5) is 0. The fraction of sp³-hybridized carbons (Fsp3) is 0.909. The van der Waals surface area contributed by atoms with Gasteiger partial charge in [0.05, 0.1) is 5.60 Å². The first-order valence-corrected chi connectivity index (χ1v) is 5.20. The molecule has 1 nitrogen and oxygen atoms in total. The van der Waals surface area contributed by atoms with Crippen molar-refractivity contribution in [2.45, 2.75) is 64.4 Å². The minimum absolute atomic E-state index is 0.388. The minimum Gasteiger partial charge on any atom is -0.390 e. The minimum atomic E-state index is -0.388. The summed E-state index contributed by atoms with van der Waals surface area (Å²) in [7, 11) is 0. The van der Waals surface area contributed by atoms with Crippen molar-refractivity contribution in [2.75, 3.05) is 0 Å². The summed E-state index contributed by atoms with van der Waals surface area (Å²) in [6.45, 7) is 8.06. The Morgan fingerprint density at radius 2 is 1.58 bits per heavy atom. The van der Waals surface area contributed by atoms with Crippen LogP contribution in [0.25, 0.3) is 0 Å². The summed E-state index contributed by atoms with van der Waals surface area (Å²) in [6.07, 6.45) is 6.97. The summed E-state index contributed by atoms with van der Waals surface area (Å²) in [5, 5.41) is 10.1. The van der Waals surface area contributed by atoms with Crippen LogP contribution in [-0.2, 0) is 0 Å². The van der Waals surface area contributed by atoms with Crippen LogP contribution in [0.15, 0.2) is 0 Å². The highest BCUT2D eigenvalue weighted by molar-refractivity contribution is 4.77. The molecule has 0 bridgehead atoms. The van der Waals surface area contributed by atoms with Crippen LogP contribution >= 0.6 is 0 Å². The lowest BCUT2D eigenvalue weighted by Crippen LogP contribution is -2.27. The van der Waals surface area contributed by atoms with Crippen LogP contribution in [0.5, 0.6) is 0 Å². The Bertz CT molecular complexity index is 93.2. The van der Waals surface area contributed by atoms with Crippen molar-refractivity contribution < 1.29 is 5.11 Å². The number of hydrogen-bond donors (Lipinski definition) is 1. The summed E-state index contributed by atoms with van der Waals surface area (Å²) in [5.74, 6) is 0. The van der Waals surface area contributed by atoms with Crippen LogP contribution in [0.3, 0.4) is 0 Å². The van der Waals surface area contributed by atoms with Crippen LogP contribution in [0, 0.1) is 6.92 Å². The van der Waals surface area contributed by atoms with Gasteiger partial charge in [-0.1, -0.05) is 46.5 Å². The van der Waals surface area contributed by atoms with Crippen molar-refractivity contribution >= 4 is 0 Å². The largest absolute Gasteiger partial charge is 0.390 e. The van der Waals surface area contributed by atoms with Crippen molar-refractivity contribution in [1.29, 1.82) is 0 Å². The molecule has 0 rings (SSSR count). The number of hydrogen-bond acceptors (Lipinski definition) is 1. The SMILES string of the molecule is [CH2]CCCC(O)(CCC)CCC. The lowest BCUT2D eigenvalue weighted by atomic mass is 9.88. The normalized spacial score (nSPS) is 12.0. The molecule has 0 saturated carbocycles. The standard InChI is InChI=1S/C11H23O/c1-4-7-10-11(12,8-5-2)9-6-3/h12H,1,4-10H2,2-3H3. The van der Waals surface area contributed by atoms with Crippen LogP contribution in [0.2, 0.25) is 0 Å². The molecule has 0 aliphatic heterocycles. The second-order valence-electron chi connectivity index (χ2n) is 3.68. The molecule has 0 atom stereocenters. The van der Waals surface area contributed by atoms with Crippen LogP contribution in [-0.4, -0.2) is 10.7 Å². The maximum atomic E-state index is 10.1. The maximum Gasteiger partial charge on any atom is 0.0647 e. The molecular weight excluding hydrogens is 148 g/mol. The fourth-order valence-electron chi connectivity index (χ4n) is 1.76. The van der Waals surface area contributed by atoms with Gasteiger partial charge in [0.25, 0.3) is 0 Å². The lowest BCUT2D eigenvalue weighted by Gasteiger charge is -2.27. The zero-order valence-electron chi connectivity index (χ0n) is 8.60. The topological polar surface area (TPSA) is 20.2 Å². The lowest BCUT2D eigenvalue weighted by molar-refractivity contribution is 0.0113. The smallest absolute Gasteiger partial charge is 0.0647 e. The third-order valence-electron chi connectivity index (χ3n) is 2.32. The van der Waals surface area contributed by atoms with Gasteiger partial charge in [-0.2, -0.15) is 0 Å². The molecule has 0 aliphatic carbocycles. The molecular formula is C11H23O. The highest BCUT2D eigenvalue weighted by atomic mass is 16.3. The molecule has 0 spiro atoms. The van der Waals surface area contributed by atoms with E-state index in [1.165, 1.54) is 0 Å². The average Bonchev–Trinajstić information content (AvgIpc) is 2.02. The zero-order chi connectivity index (χ0) is 9.45. The monoisotopic (exact) mass is 171 g/mol. The first kappa shape index (κ1) is 12.0. The van der Waals surface area contributed by atoms with Gasteiger partial charge in [0.2, 0.25) is 0 Å². The molecule has 1 N–H and O–H groups in total. The van der Waals surface area contributed by atoms with Crippen molar-refractivity contribution in [3.05, 3.63) is 6.92 Å². The molecule has 0 unspecified atom stereocenters. The third-order valence-corrected chi connectivity index (χ3v) is 2.32.